The standard InChI is InChI=1S/C14H22N2O2/c1-11(17)12-6-8-16(9-7-12)10-13-4-3-5-14(15-13)18-2/h3-5,11-12,17H,6-10H2,1-2H3. The molecule has 1 aliphatic heterocycles. The van der Waals surface area contributed by atoms with Gasteiger partial charge in [-0.1, -0.05) is 6.07 Å². The second-order valence-corrected chi connectivity index (χ2v) is 5.03. The molecule has 1 atom stereocenters. The fourth-order valence-electron chi connectivity index (χ4n) is 2.48. The molecule has 0 aliphatic carbocycles. The van der Waals surface area contributed by atoms with Crippen LogP contribution in [0, 0.1) is 5.92 Å². The Bertz CT molecular complexity index is 374. The minimum atomic E-state index is -0.179. The monoisotopic (exact) mass is 250 g/mol. The lowest BCUT2D eigenvalue weighted by Gasteiger charge is -2.32. The van der Waals surface area contributed by atoms with E-state index in [0.717, 1.165) is 38.2 Å². The Hall–Kier alpha value is -1.13. The highest BCUT2D eigenvalue weighted by Gasteiger charge is 2.22. The first kappa shape index (κ1) is 13.3. The summed E-state index contributed by atoms with van der Waals surface area (Å²) in [7, 11) is 1.64. The number of aliphatic hydroxyl groups is 1. The zero-order chi connectivity index (χ0) is 13.0. The fraction of sp³-hybridized carbons (Fsp3) is 0.643. The number of aromatic nitrogens is 1. The normalized spacial score (nSPS) is 19.7. The van der Waals surface area contributed by atoms with Crippen molar-refractivity contribution in [2.75, 3.05) is 20.2 Å². The Morgan fingerprint density at radius 2 is 2.17 bits per heavy atom. The van der Waals surface area contributed by atoms with E-state index in [4.69, 9.17) is 4.74 Å². The van der Waals surface area contributed by atoms with E-state index in [1.54, 1.807) is 7.11 Å². The maximum Gasteiger partial charge on any atom is 0.213 e. The van der Waals surface area contributed by atoms with Gasteiger partial charge in [0.05, 0.1) is 18.9 Å². The lowest BCUT2D eigenvalue weighted by atomic mass is 9.92. The molecule has 1 saturated heterocycles. The number of ether oxygens (including phenoxy) is 1. The van der Waals surface area contributed by atoms with Crippen molar-refractivity contribution in [2.24, 2.45) is 5.92 Å². The maximum atomic E-state index is 9.57. The van der Waals surface area contributed by atoms with E-state index in [2.05, 4.69) is 9.88 Å². The van der Waals surface area contributed by atoms with Gasteiger partial charge in [0, 0.05) is 12.6 Å². The van der Waals surface area contributed by atoms with Crippen molar-refractivity contribution < 1.29 is 9.84 Å². The predicted molar refractivity (Wildman–Crippen MR) is 70.5 cm³/mol. The van der Waals surface area contributed by atoms with Crippen molar-refractivity contribution in [2.45, 2.75) is 32.4 Å². The topological polar surface area (TPSA) is 45.6 Å². The number of nitrogens with zero attached hydrogens (tertiary/aromatic N) is 2. The molecule has 0 saturated carbocycles. The first-order chi connectivity index (χ1) is 8.69. The molecule has 1 aliphatic rings. The molecule has 100 valence electrons. The van der Waals surface area contributed by atoms with E-state index in [0.29, 0.717) is 11.8 Å². The predicted octanol–water partition coefficient (Wildman–Crippen LogP) is 1.68. The zero-order valence-electron chi connectivity index (χ0n) is 11.2. The molecule has 1 unspecified atom stereocenters. The summed E-state index contributed by atoms with van der Waals surface area (Å²) in [6.07, 6.45) is 1.96. The van der Waals surface area contributed by atoms with Gasteiger partial charge in [0.25, 0.3) is 0 Å². The SMILES string of the molecule is COc1cccc(CN2CCC(C(C)O)CC2)n1. The number of rotatable bonds is 4. The summed E-state index contributed by atoms with van der Waals surface area (Å²) in [5, 5.41) is 9.57. The van der Waals surface area contributed by atoms with E-state index in [-0.39, 0.29) is 6.10 Å². The van der Waals surface area contributed by atoms with Crippen molar-refractivity contribution in [3.05, 3.63) is 23.9 Å². The number of methoxy groups -OCH3 is 1. The number of pyridine rings is 1. The average Bonchev–Trinajstić information content (AvgIpc) is 2.39. The summed E-state index contributed by atoms with van der Waals surface area (Å²) in [4.78, 5) is 6.82. The van der Waals surface area contributed by atoms with Gasteiger partial charge in [-0.05, 0) is 44.8 Å². The summed E-state index contributed by atoms with van der Waals surface area (Å²) in [6.45, 7) is 4.83. The van der Waals surface area contributed by atoms with Crippen LogP contribution in [0.15, 0.2) is 18.2 Å². The van der Waals surface area contributed by atoms with Crippen molar-refractivity contribution >= 4 is 0 Å². The van der Waals surface area contributed by atoms with Gasteiger partial charge in [-0.25, -0.2) is 4.98 Å². The van der Waals surface area contributed by atoms with Crippen LogP contribution in [-0.2, 0) is 6.54 Å². The average molecular weight is 250 g/mol. The largest absolute Gasteiger partial charge is 0.481 e. The van der Waals surface area contributed by atoms with Crippen LogP contribution in [0.3, 0.4) is 0 Å². The quantitative estimate of drug-likeness (QED) is 0.883. The van der Waals surface area contributed by atoms with Crippen molar-refractivity contribution in [3.8, 4) is 5.88 Å². The van der Waals surface area contributed by atoms with Crippen LogP contribution in [0.5, 0.6) is 5.88 Å². The number of likely N-dealkylation sites (tertiary alicyclic amines) is 1. The summed E-state index contributed by atoms with van der Waals surface area (Å²) in [6, 6.07) is 5.87. The van der Waals surface area contributed by atoms with E-state index >= 15 is 0 Å². The van der Waals surface area contributed by atoms with Crippen LogP contribution in [0.1, 0.15) is 25.5 Å². The van der Waals surface area contributed by atoms with E-state index < -0.39 is 0 Å². The summed E-state index contributed by atoms with van der Waals surface area (Å²) in [5.74, 6) is 1.13. The van der Waals surface area contributed by atoms with Crippen molar-refractivity contribution in [1.29, 1.82) is 0 Å². The van der Waals surface area contributed by atoms with Gasteiger partial charge in [0.15, 0.2) is 0 Å². The molecule has 0 amide bonds. The molecular formula is C14H22N2O2. The van der Waals surface area contributed by atoms with Crippen molar-refractivity contribution in [3.63, 3.8) is 0 Å². The van der Waals surface area contributed by atoms with Crippen LogP contribution in [0.25, 0.3) is 0 Å². The minimum Gasteiger partial charge on any atom is -0.481 e. The van der Waals surface area contributed by atoms with Gasteiger partial charge in [-0.3, -0.25) is 4.90 Å². The highest BCUT2D eigenvalue weighted by atomic mass is 16.5. The highest BCUT2D eigenvalue weighted by molar-refractivity contribution is 5.15. The first-order valence-electron chi connectivity index (χ1n) is 6.59. The Morgan fingerprint density at radius 3 is 2.78 bits per heavy atom. The second-order valence-electron chi connectivity index (χ2n) is 5.03. The number of hydrogen-bond acceptors (Lipinski definition) is 4. The van der Waals surface area contributed by atoms with Crippen molar-refractivity contribution in [1.82, 2.24) is 9.88 Å². The Kier molecular flexibility index (Phi) is 4.55. The summed E-state index contributed by atoms with van der Waals surface area (Å²) in [5.41, 5.74) is 1.05. The van der Waals surface area contributed by atoms with Crippen LogP contribution in [0.2, 0.25) is 0 Å². The molecule has 1 N–H and O–H groups in total. The molecule has 0 radical (unpaired) electrons. The third-order valence-corrected chi connectivity index (χ3v) is 3.69. The molecule has 1 fully saturated rings. The highest BCUT2D eigenvalue weighted by Crippen LogP contribution is 2.21. The van der Waals surface area contributed by atoms with Crippen LogP contribution >= 0.6 is 0 Å². The molecular weight excluding hydrogens is 228 g/mol. The summed E-state index contributed by atoms with van der Waals surface area (Å²) >= 11 is 0. The van der Waals surface area contributed by atoms with Gasteiger partial charge in [-0.2, -0.15) is 0 Å². The van der Waals surface area contributed by atoms with Gasteiger partial charge in [0.1, 0.15) is 0 Å². The molecule has 1 aromatic rings. The van der Waals surface area contributed by atoms with Crippen LogP contribution < -0.4 is 4.74 Å². The molecule has 2 heterocycles. The molecule has 4 nitrogen and oxygen atoms in total. The third-order valence-electron chi connectivity index (χ3n) is 3.69. The zero-order valence-corrected chi connectivity index (χ0v) is 11.2. The molecule has 2 rings (SSSR count). The maximum absolute atomic E-state index is 9.57. The van der Waals surface area contributed by atoms with E-state index in [1.165, 1.54) is 0 Å². The Balaban J connectivity index is 1.87. The van der Waals surface area contributed by atoms with Crippen LogP contribution in [-0.4, -0.2) is 41.3 Å². The van der Waals surface area contributed by atoms with Crippen LogP contribution in [0.4, 0.5) is 0 Å². The number of piperidine rings is 1. The fourth-order valence-corrected chi connectivity index (χ4v) is 2.48. The Morgan fingerprint density at radius 1 is 1.44 bits per heavy atom. The molecule has 0 bridgehead atoms. The van der Waals surface area contributed by atoms with E-state index in [9.17, 15) is 5.11 Å². The van der Waals surface area contributed by atoms with Gasteiger partial charge >= 0.3 is 0 Å². The molecule has 0 aromatic carbocycles. The second kappa shape index (κ2) is 6.16. The van der Waals surface area contributed by atoms with Gasteiger partial charge in [-0.15, -0.1) is 0 Å². The summed E-state index contributed by atoms with van der Waals surface area (Å²) < 4.78 is 5.13. The third kappa shape index (κ3) is 3.43. The van der Waals surface area contributed by atoms with Gasteiger partial charge < -0.3 is 9.84 Å². The molecule has 1 aromatic heterocycles. The van der Waals surface area contributed by atoms with Gasteiger partial charge in [0.2, 0.25) is 5.88 Å². The number of hydrogen-bond donors (Lipinski definition) is 1. The smallest absolute Gasteiger partial charge is 0.213 e. The lowest BCUT2D eigenvalue weighted by Crippen LogP contribution is -2.36. The first-order valence-corrected chi connectivity index (χ1v) is 6.59. The molecule has 4 heteroatoms. The van der Waals surface area contributed by atoms with E-state index in [1.807, 2.05) is 25.1 Å². The number of aliphatic hydroxyl groups excluding tert-OH is 1. The lowest BCUT2D eigenvalue weighted by molar-refractivity contribution is 0.0691. The molecule has 0 spiro atoms. The Labute approximate surface area is 109 Å². The minimum absolute atomic E-state index is 0.179. The molecule has 18 heavy (non-hydrogen) atoms.